The summed E-state index contributed by atoms with van der Waals surface area (Å²) in [6.07, 6.45) is 4.84. The van der Waals surface area contributed by atoms with Crippen molar-refractivity contribution >= 4 is 17.8 Å². The summed E-state index contributed by atoms with van der Waals surface area (Å²) < 4.78 is 11.9. The van der Waals surface area contributed by atoms with Crippen molar-refractivity contribution in [2.24, 2.45) is 17.3 Å². The van der Waals surface area contributed by atoms with Crippen LogP contribution in [0.2, 0.25) is 0 Å². The van der Waals surface area contributed by atoms with E-state index in [1.807, 2.05) is 38.1 Å². The summed E-state index contributed by atoms with van der Waals surface area (Å²) in [5.74, 6) is -1.46. The lowest BCUT2D eigenvalue weighted by Gasteiger charge is -2.36. The van der Waals surface area contributed by atoms with Gasteiger partial charge in [0.15, 0.2) is 0 Å². The van der Waals surface area contributed by atoms with Crippen LogP contribution in [0.3, 0.4) is 0 Å². The molecule has 1 aromatic heterocycles. The van der Waals surface area contributed by atoms with Gasteiger partial charge < -0.3 is 25.0 Å². The normalized spacial score (nSPS) is 39.9. The standard InChI is InChI=1S/C31H46N2O6/c1-7-31-17-22(20(3)15-21-12-8-9-14-32-21)33-25(35)16-24(34)29(4,5)28(37)26(23-18-38-23)27(36)19(2)11-10-13-30(31,6)39-31/h8-9,12,14-15,19,22-24,26-27,34,36H,7,10-11,13,16-18H2,1-6H3,(H,33,35)/t19-,22-,23?,24-,26-,27+,30?,31?/m0/s1. The maximum absolute atomic E-state index is 13.7. The van der Waals surface area contributed by atoms with Gasteiger partial charge in [0, 0.05) is 12.6 Å². The lowest BCUT2D eigenvalue weighted by molar-refractivity contribution is -0.145. The SMILES string of the molecule is CCC12C[C@@H](C(C)=Cc3ccccn3)NC(=O)C[C@H](O)C(C)(C)C(=O)[C@@H](C3CO3)[C@H](O)[C@@H](C)CCCC1(C)O2. The third-order valence-corrected chi connectivity index (χ3v) is 9.57. The van der Waals surface area contributed by atoms with Gasteiger partial charge in [-0.05, 0) is 62.8 Å². The predicted molar refractivity (Wildman–Crippen MR) is 149 cm³/mol. The molecule has 0 aromatic carbocycles. The Bertz CT molecular complexity index is 1070. The van der Waals surface area contributed by atoms with E-state index in [0.717, 1.165) is 37.0 Å². The highest BCUT2D eigenvalue weighted by atomic mass is 16.6. The monoisotopic (exact) mass is 542 g/mol. The highest BCUT2D eigenvalue weighted by Gasteiger charge is 2.65. The number of carbonyl (C=O) groups excluding carboxylic acids is 2. The number of hydrogen-bond acceptors (Lipinski definition) is 7. The minimum absolute atomic E-state index is 0.123. The third kappa shape index (κ3) is 6.29. The van der Waals surface area contributed by atoms with Crippen LogP contribution >= 0.6 is 0 Å². The number of amides is 1. The number of pyridine rings is 1. The summed E-state index contributed by atoms with van der Waals surface area (Å²) in [5.41, 5.74) is -0.214. The first-order valence-electron chi connectivity index (χ1n) is 14.4. The van der Waals surface area contributed by atoms with Gasteiger partial charge in [0.05, 0.1) is 65.6 Å². The van der Waals surface area contributed by atoms with Gasteiger partial charge in [-0.25, -0.2) is 0 Å². The molecular weight excluding hydrogens is 496 g/mol. The molecule has 8 heteroatoms. The number of aliphatic hydroxyl groups excluding tert-OH is 2. The van der Waals surface area contributed by atoms with Gasteiger partial charge in [0.25, 0.3) is 0 Å². The van der Waals surface area contributed by atoms with E-state index in [2.05, 4.69) is 24.1 Å². The Morgan fingerprint density at radius 2 is 1.95 bits per heavy atom. The fourth-order valence-electron chi connectivity index (χ4n) is 6.35. The summed E-state index contributed by atoms with van der Waals surface area (Å²) in [5, 5.41) is 25.6. The number of hydrogen-bond donors (Lipinski definition) is 3. The second-order valence-corrected chi connectivity index (χ2v) is 12.7. The average Bonchev–Trinajstić information content (AvgIpc) is 3.81. The highest BCUT2D eigenvalue weighted by Crippen LogP contribution is 2.56. The molecular formula is C31H46N2O6. The summed E-state index contributed by atoms with van der Waals surface area (Å²) in [6.45, 7) is 11.9. The first-order chi connectivity index (χ1) is 18.3. The van der Waals surface area contributed by atoms with Crippen molar-refractivity contribution in [1.29, 1.82) is 0 Å². The van der Waals surface area contributed by atoms with E-state index in [1.54, 1.807) is 20.0 Å². The maximum Gasteiger partial charge on any atom is 0.223 e. The number of ketones is 1. The van der Waals surface area contributed by atoms with Crippen molar-refractivity contribution in [3.63, 3.8) is 0 Å². The Kier molecular flexibility index (Phi) is 8.72. The van der Waals surface area contributed by atoms with Crippen LogP contribution < -0.4 is 5.32 Å². The van der Waals surface area contributed by atoms with Gasteiger partial charge in [0.2, 0.25) is 5.91 Å². The first kappa shape index (κ1) is 29.8. The summed E-state index contributed by atoms with van der Waals surface area (Å²) in [4.78, 5) is 31.5. The molecule has 1 aromatic rings. The van der Waals surface area contributed by atoms with Crippen molar-refractivity contribution in [3.8, 4) is 0 Å². The zero-order valence-corrected chi connectivity index (χ0v) is 24.3. The van der Waals surface area contributed by atoms with Crippen LogP contribution in [0.4, 0.5) is 0 Å². The van der Waals surface area contributed by atoms with E-state index in [4.69, 9.17) is 9.47 Å². The van der Waals surface area contributed by atoms with Gasteiger partial charge in [-0.3, -0.25) is 14.6 Å². The minimum Gasteiger partial charge on any atom is -0.392 e. The van der Waals surface area contributed by atoms with Crippen molar-refractivity contribution in [2.45, 2.75) is 116 Å². The molecule has 0 aliphatic carbocycles. The molecule has 3 saturated heterocycles. The van der Waals surface area contributed by atoms with E-state index in [1.165, 1.54) is 0 Å². The molecule has 8 nitrogen and oxygen atoms in total. The molecule has 4 rings (SSSR count). The molecule has 3 fully saturated rings. The van der Waals surface area contributed by atoms with E-state index < -0.39 is 23.5 Å². The number of fused-ring (bicyclic) bond motifs is 1. The fraction of sp³-hybridized carbons (Fsp3) is 0.710. The van der Waals surface area contributed by atoms with Crippen LogP contribution in [-0.4, -0.2) is 69.1 Å². The Morgan fingerprint density at radius 3 is 2.56 bits per heavy atom. The molecule has 3 aliphatic rings. The van der Waals surface area contributed by atoms with Crippen molar-refractivity contribution in [3.05, 3.63) is 35.7 Å². The number of nitrogens with zero attached hydrogens (tertiary/aromatic N) is 1. The zero-order chi connectivity index (χ0) is 28.6. The minimum atomic E-state index is -1.23. The van der Waals surface area contributed by atoms with Gasteiger partial charge in [-0.2, -0.15) is 0 Å². The Morgan fingerprint density at radius 1 is 1.23 bits per heavy atom. The van der Waals surface area contributed by atoms with Gasteiger partial charge in [0.1, 0.15) is 5.78 Å². The zero-order valence-electron chi connectivity index (χ0n) is 24.3. The molecule has 0 bridgehead atoms. The quantitative estimate of drug-likeness (QED) is 0.494. The number of aromatic nitrogens is 1. The van der Waals surface area contributed by atoms with Crippen LogP contribution in [0.15, 0.2) is 30.0 Å². The Hall–Kier alpha value is -2.13. The fourth-order valence-corrected chi connectivity index (χ4v) is 6.35. The molecule has 3 N–H and O–H groups in total. The van der Waals surface area contributed by atoms with E-state index >= 15 is 0 Å². The molecule has 3 unspecified atom stereocenters. The Balaban J connectivity index is 1.65. The smallest absolute Gasteiger partial charge is 0.223 e. The molecule has 8 atom stereocenters. The molecule has 4 heterocycles. The number of Topliss-reactive ketones (excluding diaryl/α,β-unsaturated/α-hetero) is 1. The van der Waals surface area contributed by atoms with Crippen LogP contribution in [0, 0.1) is 17.3 Å². The van der Waals surface area contributed by atoms with Gasteiger partial charge in [-0.15, -0.1) is 0 Å². The second-order valence-electron chi connectivity index (χ2n) is 12.7. The summed E-state index contributed by atoms with van der Waals surface area (Å²) >= 11 is 0. The van der Waals surface area contributed by atoms with E-state index in [-0.39, 0.29) is 47.4 Å². The maximum atomic E-state index is 13.7. The van der Waals surface area contributed by atoms with Crippen molar-refractivity contribution in [2.75, 3.05) is 6.61 Å². The predicted octanol–water partition coefficient (Wildman–Crippen LogP) is 3.84. The number of ether oxygens (including phenoxy) is 2. The molecule has 0 radical (unpaired) electrons. The number of epoxide rings is 2. The summed E-state index contributed by atoms with van der Waals surface area (Å²) in [6, 6.07) is 5.38. The molecule has 3 aliphatic heterocycles. The Labute approximate surface area is 232 Å². The summed E-state index contributed by atoms with van der Waals surface area (Å²) in [7, 11) is 0. The molecule has 1 amide bonds. The van der Waals surface area contributed by atoms with Crippen LogP contribution in [-0.2, 0) is 19.1 Å². The van der Waals surface area contributed by atoms with E-state index in [9.17, 15) is 19.8 Å². The van der Waals surface area contributed by atoms with Crippen molar-refractivity contribution < 1.29 is 29.3 Å². The van der Waals surface area contributed by atoms with Crippen LogP contribution in [0.1, 0.15) is 85.8 Å². The molecule has 39 heavy (non-hydrogen) atoms. The number of carbonyl (C=O) groups is 2. The average molecular weight is 543 g/mol. The molecule has 0 saturated carbocycles. The lowest BCUT2D eigenvalue weighted by atomic mass is 9.71. The second kappa shape index (κ2) is 11.4. The molecule has 0 spiro atoms. The van der Waals surface area contributed by atoms with Crippen molar-refractivity contribution in [1.82, 2.24) is 10.3 Å². The van der Waals surface area contributed by atoms with Gasteiger partial charge in [-0.1, -0.05) is 40.2 Å². The number of aliphatic hydroxyl groups is 2. The molecule has 216 valence electrons. The highest BCUT2D eigenvalue weighted by molar-refractivity contribution is 5.89. The van der Waals surface area contributed by atoms with Gasteiger partial charge >= 0.3 is 0 Å². The number of rotatable bonds is 4. The van der Waals surface area contributed by atoms with E-state index in [0.29, 0.717) is 13.0 Å². The number of nitrogens with one attached hydrogen (secondary N) is 1. The topological polar surface area (TPSA) is 125 Å². The first-order valence-corrected chi connectivity index (χ1v) is 14.4. The van der Waals surface area contributed by atoms with Crippen LogP contribution in [0.5, 0.6) is 0 Å². The third-order valence-electron chi connectivity index (χ3n) is 9.57. The lowest BCUT2D eigenvalue weighted by Crippen LogP contribution is -2.50. The van der Waals surface area contributed by atoms with Crippen LogP contribution in [0.25, 0.3) is 6.08 Å². The largest absolute Gasteiger partial charge is 0.392 e.